The monoisotopic (exact) mass is 208 g/mol. The van der Waals surface area contributed by atoms with Crippen LogP contribution in [0.4, 0.5) is 5.82 Å². The molecule has 0 bridgehead atoms. The maximum absolute atomic E-state index is 11.3. The number of rotatable bonds is 1. The minimum absolute atomic E-state index is 0.100. The van der Waals surface area contributed by atoms with Crippen LogP contribution in [0.15, 0.2) is 10.9 Å². The fourth-order valence-corrected chi connectivity index (χ4v) is 1.94. The molecule has 5 nitrogen and oxygen atoms in total. The average molecular weight is 208 g/mol. The van der Waals surface area contributed by atoms with Gasteiger partial charge in [-0.2, -0.15) is 0 Å². The van der Waals surface area contributed by atoms with Gasteiger partial charge in [-0.15, -0.1) is 0 Å². The number of H-pyrrole nitrogens is 1. The van der Waals surface area contributed by atoms with Gasteiger partial charge >= 0.3 is 0 Å². The van der Waals surface area contributed by atoms with Crippen LogP contribution in [-0.2, 0) is 0 Å². The van der Waals surface area contributed by atoms with Gasteiger partial charge in [0.05, 0.1) is 0 Å². The Morgan fingerprint density at radius 3 is 3.13 bits per heavy atom. The maximum atomic E-state index is 11.3. The quantitative estimate of drug-likeness (QED) is 0.681. The highest BCUT2D eigenvalue weighted by molar-refractivity contribution is 5.38. The molecular formula is C10H16N4O. The second-order valence-corrected chi connectivity index (χ2v) is 4.04. The number of anilines is 1. The van der Waals surface area contributed by atoms with Gasteiger partial charge in [-0.05, 0) is 19.8 Å². The van der Waals surface area contributed by atoms with E-state index in [1.807, 2.05) is 0 Å². The summed E-state index contributed by atoms with van der Waals surface area (Å²) in [5.41, 5.74) is 5.78. The van der Waals surface area contributed by atoms with E-state index in [2.05, 4.69) is 14.9 Å². The second-order valence-electron chi connectivity index (χ2n) is 4.04. The molecule has 15 heavy (non-hydrogen) atoms. The molecule has 2 rings (SSSR count). The van der Waals surface area contributed by atoms with Crippen LogP contribution >= 0.6 is 0 Å². The van der Waals surface area contributed by atoms with Crippen LogP contribution < -0.4 is 16.2 Å². The molecule has 1 aromatic rings. The average Bonchev–Trinajstić information content (AvgIpc) is 2.16. The van der Waals surface area contributed by atoms with Gasteiger partial charge in [0, 0.05) is 25.2 Å². The second kappa shape index (κ2) is 4.02. The number of nitrogens with zero attached hydrogens (tertiary/aromatic N) is 2. The van der Waals surface area contributed by atoms with E-state index in [-0.39, 0.29) is 11.6 Å². The van der Waals surface area contributed by atoms with Gasteiger partial charge in [0.1, 0.15) is 11.6 Å². The molecule has 0 unspecified atom stereocenters. The highest BCUT2D eigenvalue weighted by Crippen LogP contribution is 2.15. The summed E-state index contributed by atoms with van der Waals surface area (Å²) in [6, 6.07) is 1.73. The molecule has 0 saturated carbocycles. The molecule has 1 aromatic heterocycles. The van der Waals surface area contributed by atoms with E-state index in [0.29, 0.717) is 5.82 Å². The van der Waals surface area contributed by atoms with Crippen LogP contribution in [0.2, 0.25) is 0 Å². The molecule has 0 radical (unpaired) electrons. The molecular weight excluding hydrogens is 192 g/mol. The molecule has 0 amide bonds. The molecule has 1 saturated heterocycles. The summed E-state index contributed by atoms with van der Waals surface area (Å²) in [5, 5.41) is 0. The lowest BCUT2D eigenvalue weighted by atomic mass is 10.1. The Hall–Kier alpha value is -1.36. The van der Waals surface area contributed by atoms with Gasteiger partial charge in [-0.25, -0.2) is 4.98 Å². The van der Waals surface area contributed by atoms with Crippen LogP contribution in [0, 0.1) is 6.92 Å². The number of aromatic nitrogens is 2. The largest absolute Gasteiger partial charge is 0.355 e. The van der Waals surface area contributed by atoms with Crippen LogP contribution in [0.5, 0.6) is 0 Å². The summed E-state index contributed by atoms with van der Waals surface area (Å²) in [6.07, 6.45) is 2.12. The molecule has 1 atom stereocenters. The maximum Gasteiger partial charge on any atom is 0.252 e. The number of nitrogens with two attached hydrogens (primary N) is 1. The predicted molar refractivity (Wildman–Crippen MR) is 59.0 cm³/mol. The lowest BCUT2D eigenvalue weighted by Gasteiger charge is -2.31. The lowest BCUT2D eigenvalue weighted by molar-refractivity contribution is 0.502. The summed E-state index contributed by atoms with van der Waals surface area (Å²) in [7, 11) is 0. The Bertz CT molecular complexity index is 401. The van der Waals surface area contributed by atoms with Crippen molar-refractivity contribution >= 4 is 5.82 Å². The van der Waals surface area contributed by atoms with Gasteiger partial charge in [-0.3, -0.25) is 4.79 Å². The van der Waals surface area contributed by atoms with Crippen molar-refractivity contribution in [3.63, 3.8) is 0 Å². The van der Waals surface area contributed by atoms with Crippen LogP contribution in [0.25, 0.3) is 0 Å². The number of hydrogen-bond donors (Lipinski definition) is 2. The fraction of sp³-hybridized carbons (Fsp3) is 0.600. The van der Waals surface area contributed by atoms with E-state index in [1.165, 1.54) is 6.07 Å². The summed E-state index contributed by atoms with van der Waals surface area (Å²) in [6.45, 7) is 3.51. The van der Waals surface area contributed by atoms with Gasteiger partial charge in [-0.1, -0.05) is 0 Å². The number of hydrogen-bond acceptors (Lipinski definition) is 4. The molecule has 1 aliphatic heterocycles. The SMILES string of the molecule is Cc1nc(N2CCC[C@@H](N)C2)cc(=O)[nH]1. The van der Waals surface area contributed by atoms with Crippen molar-refractivity contribution in [3.05, 3.63) is 22.2 Å². The fourth-order valence-electron chi connectivity index (χ4n) is 1.94. The molecule has 0 aliphatic carbocycles. The van der Waals surface area contributed by atoms with Crippen LogP contribution in [0.3, 0.4) is 0 Å². The minimum Gasteiger partial charge on any atom is -0.355 e. The topological polar surface area (TPSA) is 75.0 Å². The van der Waals surface area contributed by atoms with Crippen LogP contribution in [0.1, 0.15) is 18.7 Å². The third-order valence-electron chi connectivity index (χ3n) is 2.63. The number of nitrogens with one attached hydrogen (secondary N) is 1. The first-order chi connectivity index (χ1) is 7.15. The zero-order valence-corrected chi connectivity index (χ0v) is 8.86. The Labute approximate surface area is 88.3 Å². The highest BCUT2D eigenvalue weighted by atomic mass is 16.1. The molecule has 1 aliphatic rings. The third-order valence-corrected chi connectivity index (χ3v) is 2.63. The molecule has 0 spiro atoms. The standard InChI is InChI=1S/C10H16N4O/c1-7-12-9(5-10(15)13-7)14-4-2-3-8(11)6-14/h5,8H,2-4,6,11H2,1H3,(H,12,13,15)/t8-/m1/s1. The van der Waals surface area contributed by atoms with Crippen molar-refractivity contribution in [2.45, 2.75) is 25.8 Å². The minimum atomic E-state index is -0.100. The lowest BCUT2D eigenvalue weighted by Crippen LogP contribution is -2.43. The molecule has 1 fully saturated rings. The first-order valence-corrected chi connectivity index (χ1v) is 5.23. The van der Waals surface area contributed by atoms with Crippen molar-refractivity contribution in [1.29, 1.82) is 0 Å². The van der Waals surface area contributed by atoms with Gasteiger partial charge in [0.15, 0.2) is 0 Å². The van der Waals surface area contributed by atoms with Crippen molar-refractivity contribution in [1.82, 2.24) is 9.97 Å². The molecule has 2 heterocycles. The molecule has 82 valence electrons. The molecule has 3 N–H and O–H groups in total. The van der Waals surface area contributed by atoms with Crippen molar-refractivity contribution < 1.29 is 0 Å². The zero-order chi connectivity index (χ0) is 10.8. The third kappa shape index (κ3) is 2.36. The number of aromatic amines is 1. The molecule has 5 heteroatoms. The summed E-state index contributed by atoms with van der Waals surface area (Å²) < 4.78 is 0. The first kappa shape index (κ1) is 10.2. The van der Waals surface area contributed by atoms with Crippen molar-refractivity contribution in [3.8, 4) is 0 Å². The van der Waals surface area contributed by atoms with Crippen molar-refractivity contribution in [2.75, 3.05) is 18.0 Å². The Morgan fingerprint density at radius 2 is 2.47 bits per heavy atom. The normalized spacial score (nSPS) is 21.7. The zero-order valence-electron chi connectivity index (χ0n) is 8.86. The van der Waals surface area contributed by atoms with Crippen molar-refractivity contribution in [2.24, 2.45) is 5.73 Å². The van der Waals surface area contributed by atoms with E-state index < -0.39 is 0 Å². The van der Waals surface area contributed by atoms with E-state index in [1.54, 1.807) is 6.92 Å². The van der Waals surface area contributed by atoms with E-state index >= 15 is 0 Å². The van der Waals surface area contributed by atoms with E-state index in [9.17, 15) is 4.79 Å². The van der Waals surface area contributed by atoms with Gasteiger partial charge in [0.2, 0.25) is 0 Å². The summed E-state index contributed by atoms with van der Waals surface area (Å²) >= 11 is 0. The van der Waals surface area contributed by atoms with Gasteiger partial charge in [0.25, 0.3) is 5.56 Å². The highest BCUT2D eigenvalue weighted by Gasteiger charge is 2.18. The van der Waals surface area contributed by atoms with Crippen LogP contribution in [-0.4, -0.2) is 29.1 Å². The first-order valence-electron chi connectivity index (χ1n) is 5.23. The molecule has 0 aromatic carbocycles. The Kier molecular flexibility index (Phi) is 2.73. The number of aryl methyl sites for hydroxylation is 1. The number of piperidine rings is 1. The Morgan fingerprint density at radius 1 is 1.67 bits per heavy atom. The smallest absolute Gasteiger partial charge is 0.252 e. The summed E-state index contributed by atoms with van der Waals surface area (Å²) in [4.78, 5) is 20.3. The Balaban J connectivity index is 2.24. The van der Waals surface area contributed by atoms with E-state index in [4.69, 9.17) is 5.73 Å². The predicted octanol–water partition coefficient (Wildman–Crippen LogP) is 0.00582. The summed E-state index contributed by atoms with van der Waals surface area (Å²) in [5.74, 6) is 1.39. The van der Waals surface area contributed by atoms with E-state index in [0.717, 1.165) is 31.7 Å². The van der Waals surface area contributed by atoms with Gasteiger partial charge < -0.3 is 15.6 Å².